The van der Waals surface area contributed by atoms with Crippen molar-refractivity contribution in [2.45, 2.75) is 25.3 Å². The molecule has 3 unspecified atom stereocenters. The van der Waals surface area contributed by atoms with Gasteiger partial charge in [-0.25, -0.2) is 4.98 Å². The van der Waals surface area contributed by atoms with E-state index in [2.05, 4.69) is 20.2 Å². The molecule has 2 aliphatic heterocycles. The normalized spacial score (nSPS) is 33.1. The first-order chi connectivity index (χ1) is 7.92. The summed E-state index contributed by atoms with van der Waals surface area (Å²) >= 11 is 0. The summed E-state index contributed by atoms with van der Waals surface area (Å²) < 4.78 is 0. The van der Waals surface area contributed by atoms with Gasteiger partial charge in [0.1, 0.15) is 5.82 Å². The Morgan fingerprint density at radius 1 is 1.44 bits per heavy atom. The molecule has 0 spiro atoms. The lowest BCUT2D eigenvalue weighted by atomic mass is 9.94. The Balaban J connectivity index is 1.45. The molecule has 1 aromatic heterocycles. The zero-order chi connectivity index (χ0) is 10.8. The molecule has 2 saturated heterocycles. The second kappa shape index (κ2) is 4.55. The third-order valence-electron chi connectivity index (χ3n) is 3.96. The number of aromatic nitrogens is 2. The maximum Gasteiger partial charge on any atom is 0.107 e. The highest BCUT2D eigenvalue weighted by atomic mass is 15.2. The van der Waals surface area contributed by atoms with Crippen LogP contribution in [0.5, 0.6) is 0 Å². The number of piperidine rings is 1. The van der Waals surface area contributed by atoms with E-state index in [-0.39, 0.29) is 0 Å². The molecule has 0 saturated carbocycles. The number of fused-ring (bicyclic) bond motifs is 2. The first-order valence-corrected chi connectivity index (χ1v) is 6.36. The lowest BCUT2D eigenvalue weighted by molar-refractivity contribution is 0.222. The monoisotopic (exact) mass is 220 g/mol. The standard InChI is InChI=1S/C12H20N4/c1(12-14-5-6-15-12)4-13-11-3-8-16-7-2-10(11)9-16/h5-6,10-11,13H,1-4,7-9H2,(H,14,15). The summed E-state index contributed by atoms with van der Waals surface area (Å²) in [4.78, 5) is 9.98. The van der Waals surface area contributed by atoms with Gasteiger partial charge in [-0.2, -0.15) is 0 Å². The third kappa shape index (κ3) is 2.13. The Bertz CT molecular complexity index is 322. The molecule has 0 amide bonds. The number of aromatic amines is 1. The molecule has 0 radical (unpaired) electrons. The van der Waals surface area contributed by atoms with E-state index in [1.165, 1.54) is 32.5 Å². The fourth-order valence-corrected chi connectivity index (χ4v) is 3.03. The smallest absolute Gasteiger partial charge is 0.107 e. The van der Waals surface area contributed by atoms with Crippen molar-refractivity contribution in [3.63, 3.8) is 0 Å². The van der Waals surface area contributed by atoms with Crippen LogP contribution in [0.15, 0.2) is 12.4 Å². The van der Waals surface area contributed by atoms with Crippen LogP contribution in [0.2, 0.25) is 0 Å². The van der Waals surface area contributed by atoms with Gasteiger partial charge < -0.3 is 15.2 Å². The molecule has 3 atom stereocenters. The molecule has 2 aliphatic rings. The van der Waals surface area contributed by atoms with E-state index in [4.69, 9.17) is 0 Å². The van der Waals surface area contributed by atoms with Gasteiger partial charge in [0.05, 0.1) is 0 Å². The van der Waals surface area contributed by atoms with Gasteiger partial charge in [0.25, 0.3) is 0 Å². The molecule has 88 valence electrons. The summed E-state index contributed by atoms with van der Waals surface area (Å²) in [6, 6.07) is 0.744. The SMILES string of the molecule is c1c[nH]c(CCNC2CCN3CCC2C3)n1. The maximum absolute atomic E-state index is 4.24. The van der Waals surface area contributed by atoms with Crippen LogP contribution in [0.1, 0.15) is 18.7 Å². The molecule has 3 heterocycles. The van der Waals surface area contributed by atoms with Crippen LogP contribution in [0.25, 0.3) is 0 Å². The van der Waals surface area contributed by atoms with Crippen molar-refractivity contribution in [1.29, 1.82) is 0 Å². The number of imidazole rings is 1. The zero-order valence-electron chi connectivity index (χ0n) is 9.65. The van der Waals surface area contributed by atoms with Gasteiger partial charge in [-0.05, 0) is 31.8 Å². The summed E-state index contributed by atoms with van der Waals surface area (Å²) in [5, 5.41) is 3.70. The molecule has 4 heteroatoms. The van der Waals surface area contributed by atoms with E-state index in [0.717, 1.165) is 30.7 Å². The van der Waals surface area contributed by atoms with Crippen LogP contribution >= 0.6 is 0 Å². The van der Waals surface area contributed by atoms with E-state index < -0.39 is 0 Å². The van der Waals surface area contributed by atoms with Gasteiger partial charge in [0.2, 0.25) is 0 Å². The van der Waals surface area contributed by atoms with E-state index in [9.17, 15) is 0 Å². The topological polar surface area (TPSA) is 44.0 Å². The minimum Gasteiger partial charge on any atom is -0.349 e. The van der Waals surface area contributed by atoms with Gasteiger partial charge >= 0.3 is 0 Å². The number of nitrogens with one attached hydrogen (secondary N) is 2. The second-order valence-corrected chi connectivity index (χ2v) is 4.98. The van der Waals surface area contributed by atoms with Crippen LogP contribution in [0.3, 0.4) is 0 Å². The number of hydrogen-bond donors (Lipinski definition) is 2. The van der Waals surface area contributed by atoms with Crippen LogP contribution < -0.4 is 5.32 Å². The zero-order valence-corrected chi connectivity index (χ0v) is 9.65. The largest absolute Gasteiger partial charge is 0.349 e. The maximum atomic E-state index is 4.24. The lowest BCUT2D eigenvalue weighted by Crippen LogP contribution is -2.44. The van der Waals surface area contributed by atoms with E-state index >= 15 is 0 Å². The molecular formula is C12H20N4. The minimum absolute atomic E-state index is 0.744. The molecule has 0 aliphatic carbocycles. The predicted octanol–water partition coefficient (Wildman–Crippen LogP) is 0.636. The fraction of sp³-hybridized carbons (Fsp3) is 0.750. The Kier molecular flexibility index (Phi) is 2.93. The van der Waals surface area contributed by atoms with Crippen molar-refractivity contribution in [2.75, 3.05) is 26.2 Å². The molecule has 4 nitrogen and oxygen atoms in total. The summed E-state index contributed by atoms with van der Waals surface area (Å²) in [7, 11) is 0. The van der Waals surface area contributed by atoms with Crippen molar-refractivity contribution in [2.24, 2.45) is 5.92 Å². The van der Waals surface area contributed by atoms with Crippen molar-refractivity contribution in [3.05, 3.63) is 18.2 Å². The van der Waals surface area contributed by atoms with Crippen LogP contribution in [-0.2, 0) is 6.42 Å². The van der Waals surface area contributed by atoms with Gasteiger partial charge in [-0.15, -0.1) is 0 Å². The minimum atomic E-state index is 0.744. The molecular weight excluding hydrogens is 200 g/mol. The molecule has 2 N–H and O–H groups in total. The highest BCUT2D eigenvalue weighted by molar-refractivity contribution is 4.92. The second-order valence-electron chi connectivity index (χ2n) is 4.98. The van der Waals surface area contributed by atoms with Crippen LogP contribution in [-0.4, -0.2) is 47.1 Å². The Morgan fingerprint density at radius 2 is 2.38 bits per heavy atom. The fourth-order valence-electron chi connectivity index (χ4n) is 3.03. The summed E-state index contributed by atoms with van der Waals surface area (Å²) in [5.41, 5.74) is 0. The number of rotatable bonds is 4. The van der Waals surface area contributed by atoms with Crippen molar-refractivity contribution >= 4 is 0 Å². The van der Waals surface area contributed by atoms with E-state index in [1.54, 1.807) is 0 Å². The number of hydrogen-bond acceptors (Lipinski definition) is 3. The molecule has 0 aromatic carbocycles. The Hall–Kier alpha value is -0.870. The average Bonchev–Trinajstić information content (AvgIpc) is 2.92. The predicted molar refractivity (Wildman–Crippen MR) is 63.2 cm³/mol. The van der Waals surface area contributed by atoms with Crippen LogP contribution in [0.4, 0.5) is 0 Å². The van der Waals surface area contributed by atoms with E-state index in [1.807, 2.05) is 12.4 Å². The summed E-state index contributed by atoms with van der Waals surface area (Å²) in [6.45, 7) is 4.98. The number of nitrogens with zero attached hydrogens (tertiary/aromatic N) is 2. The average molecular weight is 220 g/mol. The van der Waals surface area contributed by atoms with Gasteiger partial charge in [0, 0.05) is 37.9 Å². The van der Waals surface area contributed by atoms with Gasteiger partial charge in [-0.1, -0.05) is 0 Å². The summed E-state index contributed by atoms with van der Waals surface area (Å²) in [6.07, 6.45) is 7.44. The quantitative estimate of drug-likeness (QED) is 0.782. The molecule has 3 rings (SSSR count). The molecule has 16 heavy (non-hydrogen) atoms. The van der Waals surface area contributed by atoms with Crippen molar-refractivity contribution < 1.29 is 0 Å². The van der Waals surface area contributed by atoms with E-state index in [0.29, 0.717) is 0 Å². The van der Waals surface area contributed by atoms with Gasteiger partial charge in [-0.3, -0.25) is 0 Å². The van der Waals surface area contributed by atoms with Crippen molar-refractivity contribution in [3.8, 4) is 0 Å². The first-order valence-electron chi connectivity index (χ1n) is 6.36. The molecule has 2 bridgehead atoms. The molecule has 1 aromatic rings. The third-order valence-corrected chi connectivity index (χ3v) is 3.96. The molecule has 2 fully saturated rings. The lowest BCUT2D eigenvalue weighted by Gasteiger charge is -2.31. The Morgan fingerprint density at radius 3 is 3.25 bits per heavy atom. The van der Waals surface area contributed by atoms with Crippen molar-refractivity contribution in [1.82, 2.24) is 20.2 Å². The summed E-state index contributed by atoms with van der Waals surface area (Å²) in [5.74, 6) is 1.99. The van der Waals surface area contributed by atoms with Gasteiger partial charge in [0.15, 0.2) is 0 Å². The Labute approximate surface area is 96.4 Å². The number of H-pyrrole nitrogens is 1. The highest BCUT2D eigenvalue weighted by Crippen LogP contribution is 2.26. The first kappa shape index (κ1) is 10.3. The highest BCUT2D eigenvalue weighted by Gasteiger charge is 2.33. The van der Waals surface area contributed by atoms with Crippen LogP contribution in [0, 0.1) is 5.92 Å².